The minimum absolute atomic E-state index is 0.0806. The van der Waals surface area contributed by atoms with Gasteiger partial charge in [-0.15, -0.1) is 0 Å². The average molecular weight is 334 g/mol. The summed E-state index contributed by atoms with van der Waals surface area (Å²) in [5, 5.41) is 13.5. The van der Waals surface area contributed by atoms with Crippen LogP contribution in [0.25, 0.3) is 0 Å². The quantitative estimate of drug-likeness (QED) is 0.836. The number of hydrogen-bond acceptors (Lipinski definition) is 2. The Balaban J connectivity index is 2.17. The topological polar surface area (TPSA) is 32.3 Å². The molecule has 0 saturated heterocycles. The van der Waals surface area contributed by atoms with Crippen molar-refractivity contribution in [1.29, 1.82) is 0 Å². The maximum Gasteiger partial charge on any atom is 0.120 e. The Morgan fingerprint density at radius 2 is 1.65 bits per heavy atom. The van der Waals surface area contributed by atoms with E-state index < -0.39 is 0 Å². The van der Waals surface area contributed by atoms with Crippen LogP contribution in [0.1, 0.15) is 42.6 Å². The van der Waals surface area contributed by atoms with Crippen molar-refractivity contribution in [3.63, 3.8) is 0 Å². The molecule has 0 aliphatic rings. The first kappa shape index (κ1) is 15.1. The molecule has 0 fully saturated rings. The first-order valence-electron chi connectivity index (χ1n) is 6.79. The summed E-state index contributed by atoms with van der Waals surface area (Å²) in [6, 6.07) is 14.2. The van der Waals surface area contributed by atoms with Gasteiger partial charge in [-0.25, -0.2) is 0 Å². The van der Waals surface area contributed by atoms with Crippen molar-refractivity contribution in [1.82, 2.24) is 5.32 Å². The predicted molar refractivity (Wildman–Crippen MR) is 87.0 cm³/mol. The van der Waals surface area contributed by atoms with Gasteiger partial charge in [-0.05, 0) is 38.5 Å². The van der Waals surface area contributed by atoms with E-state index in [4.69, 9.17) is 0 Å². The average Bonchev–Trinajstić information content (AvgIpc) is 2.41. The molecule has 0 bridgehead atoms. The molecule has 2 atom stereocenters. The van der Waals surface area contributed by atoms with E-state index in [1.54, 1.807) is 6.07 Å². The highest BCUT2D eigenvalue weighted by Crippen LogP contribution is 2.29. The van der Waals surface area contributed by atoms with Crippen molar-refractivity contribution in [2.45, 2.75) is 32.9 Å². The van der Waals surface area contributed by atoms with Crippen LogP contribution in [0.4, 0.5) is 0 Å². The number of phenols is 1. The molecule has 0 spiro atoms. The van der Waals surface area contributed by atoms with Crippen LogP contribution in [-0.4, -0.2) is 5.11 Å². The summed E-state index contributed by atoms with van der Waals surface area (Å²) in [5.74, 6) is 0.343. The number of benzene rings is 2. The van der Waals surface area contributed by atoms with Gasteiger partial charge in [0.1, 0.15) is 5.75 Å². The second-order valence-electron chi connectivity index (χ2n) is 5.19. The standard InChI is InChI=1S/C17H20BrNO/c1-11-8-9-17(20)15(10-11)13(3)19-12(2)14-6-4-5-7-16(14)18/h4-10,12-13,19-20H,1-3H3/t12-,13?/m1/s1. The Kier molecular flexibility index (Phi) is 4.84. The SMILES string of the molecule is Cc1ccc(O)c(C(C)N[C@H](C)c2ccccc2Br)c1. The van der Waals surface area contributed by atoms with E-state index in [2.05, 4.69) is 41.2 Å². The van der Waals surface area contributed by atoms with Gasteiger partial charge in [0.15, 0.2) is 0 Å². The smallest absolute Gasteiger partial charge is 0.120 e. The fraction of sp³-hybridized carbons (Fsp3) is 0.294. The Bertz CT molecular complexity index is 597. The molecule has 1 unspecified atom stereocenters. The largest absolute Gasteiger partial charge is 0.508 e. The van der Waals surface area contributed by atoms with Crippen LogP contribution in [0.2, 0.25) is 0 Å². The molecule has 106 valence electrons. The summed E-state index contributed by atoms with van der Waals surface area (Å²) in [6.07, 6.45) is 0. The third-order valence-electron chi connectivity index (χ3n) is 3.52. The summed E-state index contributed by atoms with van der Waals surface area (Å²) in [7, 11) is 0. The van der Waals surface area contributed by atoms with Gasteiger partial charge in [0.05, 0.1) is 0 Å². The van der Waals surface area contributed by atoms with Crippen LogP contribution in [0, 0.1) is 6.92 Å². The van der Waals surface area contributed by atoms with Gasteiger partial charge in [0, 0.05) is 22.1 Å². The minimum atomic E-state index is 0.0806. The summed E-state index contributed by atoms with van der Waals surface area (Å²) in [5.41, 5.74) is 3.30. The predicted octanol–water partition coefficient (Wildman–Crippen LogP) is 4.87. The van der Waals surface area contributed by atoms with E-state index in [-0.39, 0.29) is 12.1 Å². The van der Waals surface area contributed by atoms with E-state index in [1.165, 1.54) is 5.56 Å². The summed E-state index contributed by atoms with van der Waals surface area (Å²) in [6.45, 7) is 6.23. The zero-order valence-electron chi connectivity index (χ0n) is 12.0. The molecule has 0 radical (unpaired) electrons. The van der Waals surface area contributed by atoms with E-state index in [9.17, 15) is 5.11 Å². The van der Waals surface area contributed by atoms with Gasteiger partial charge in [0.25, 0.3) is 0 Å². The van der Waals surface area contributed by atoms with Crippen LogP contribution in [0.5, 0.6) is 5.75 Å². The molecule has 2 N–H and O–H groups in total. The Labute approximate surface area is 129 Å². The molecule has 0 amide bonds. The molecule has 3 heteroatoms. The highest BCUT2D eigenvalue weighted by molar-refractivity contribution is 9.10. The summed E-state index contributed by atoms with van der Waals surface area (Å²) < 4.78 is 1.10. The fourth-order valence-electron chi connectivity index (χ4n) is 2.40. The maximum absolute atomic E-state index is 9.99. The third-order valence-corrected chi connectivity index (χ3v) is 4.24. The molecular formula is C17H20BrNO. The maximum atomic E-state index is 9.99. The zero-order valence-corrected chi connectivity index (χ0v) is 13.6. The number of phenolic OH excluding ortho intramolecular Hbond substituents is 1. The van der Waals surface area contributed by atoms with Crippen LogP contribution < -0.4 is 5.32 Å². The summed E-state index contributed by atoms with van der Waals surface area (Å²) in [4.78, 5) is 0. The molecular weight excluding hydrogens is 314 g/mol. The van der Waals surface area contributed by atoms with Crippen molar-refractivity contribution >= 4 is 15.9 Å². The Hall–Kier alpha value is -1.32. The van der Waals surface area contributed by atoms with Gasteiger partial charge in [-0.3, -0.25) is 0 Å². The lowest BCUT2D eigenvalue weighted by atomic mass is 10.0. The number of hydrogen-bond donors (Lipinski definition) is 2. The van der Waals surface area contributed by atoms with Crippen LogP contribution >= 0.6 is 15.9 Å². The van der Waals surface area contributed by atoms with Crippen LogP contribution in [0.15, 0.2) is 46.9 Å². The first-order valence-corrected chi connectivity index (χ1v) is 7.58. The van der Waals surface area contributed by atoms with Crippen molar-refractivity contribution in [3.8, 4) is 5.75 Å². The highest BCUT2D eigenvalue weighted by Gasteiger charge is 2.15. The molecule has 0 aromatic heterocycles. The van der Waals surface area contributed by atoms with Crippen LogP contribution in [0.3, 0.4) is 0 Å². The van der Waals surface area contributed by atoms with E-state index in [0.29, 0.717) is 5.75 Å². The second-order valence-corrected chi connectivity index (χ2v) is 6.05. The molecule has 2 aromatic rings. The molecule has 2 aromatic carbocycles. The van der Waals surface area contributed by atoms with Gasteiger partial charge in [0.2, 0.25) is 0 Å². The van der Waals surface area contributed by atoms with E-state index >= 15 is 0 Å². The lowest BCUT2D eigenvalue weighted by molar-refractivity contribution is 0.438. The molecule has 0 heterocycles. The molecule has 2 nitrogen and oxygen atoms in total. The normalized spacial score (nSPS) is 14.0. The van der Waals surface area contributed by atoms with Crippen molar-refractivity contribution in [2.75, 3.05) is 0 Å². The monoisotopic (exact) mass is 333 g/mol. The molecule has 20 heavy (non-hydrogen) atoms. The molecule has 0 aliphatic heterocycles. The van der Waals surface area contributed by atoms with Gasteiger partial charge in [-0.1, -0.05) is 51.8 Å². The molecule has 2 rings (SSSR count). The number of aromatic hydroxyl groups is 1. The van der Waals surface area contributed by atoms with Crippen LogP contribution in [-0.2, 0) is 0 Å². The van der Waals surface area contributed by atoms with Gasteiger partial charge >= 0.3 is 0 Å². The van der Waals surface area contributed by atoms with Crippen molar-refractivity contribution in [2.24, 2.45) is 0 Å². The van der Waals surface area contributed by atoms with Crippen molar-refractivity contribution in [3.05, 3.63) is 63.6 Å². The number of rotatable bonds is 4. The zero-order chi connectivity index (χ0) is 14.7. The lowest BCUT2D eigenvalue weighted by Crippen LogP contribution is -2.22. The Morgan fingerprint density at radius 1 is 1.00 bits per heavy atom. The molecule has 0 aliphatic carbocycles. The second kappa shape index (κ2) is 6.42. The third kappa shape index (κ3) is 3.41. The number of aryl methyl sites for hydroxylation is 1. The van der Waals surface area contributed by atoms with Crippen molar-refractivity contribution < 1.29 is 5.11 Å². The number of nitrogens with one attached hydrogen (secondary N) is 1. The Morgan fingerprint density at radius 3 is 2.35 bits per heavy atom. The minimum Gasteiger partial charge on any atom is -0.508 e. The fourth-order valence-corrected chi connectivity index (χ4v) is 3.03. The lowest BCUT2D eigenvalue weighted by Gasteiger charge is -2.22. The van der Waals surface area contributed by atoms with E-state index in [1.807, 2.05) is 37.3 Å². The van der Waals surface area contributed by atoms with E-state index in [0.717, 1.165) is 15.6 Å². The van der Waals surface area contributed by atoms with Gasteiger partial charge < -0.3 is 10.4 Å². The highest BCUT2D eigenvalue weighted by atomic mass is 79.9. The summed E-state index contributed by atoms with van der Waals surface area (Å²) >= 11 is 3.58. The first-order chi connectivity index (χ1) is 9.49. The van der Waals surface area contributed by atoms with Gasteiger partial charge in [-0.2, -0.15) is 0 Å². The number of halogens is 1. The molecule has 0 saturated carbocycles.